The normalized spacial score (nSPS) is 29.5. The lowest BCUT2D eigenvalue weighted by atomic mass is 10.0. The standard InChI is InChI=1S/C12H22N2O/c1-2-3-4-5-12(15)14-8-10-6-13-7-11(10)9-14/h10-11,13H,2-9H2,1H3/t10-,11+. The Morgan fingerprint density at radius 3 is 2.53 bits per heavy atom. The second-order valence-corrected chi connectivity index (χ2v) is 4.93. The monoisotopic (exact) mass is 210 g/mol. The average molecular weight is 210 g/mol. The Kier molecular flexibility index (Phi) is 3.62. The number of unbranched alkanes of at least 4 members (excludes halogenated alkanes) is 2. The summed E-state index contributed by atoms with van der Waals surface area (Å²) in [6.45, 7) is 6.41. The minimum Gasteiger partial charge on any atom is -0.342 e. The van der Waals surface area contributed by atoms with Crippen molar-refractivity contribution >= 4 is 5.91 Å². The van der Waals surface area contributed by atoms with Crippen LogP contribution in [0.25, 0.3) is 0 Å². The molecule has 2 aliphatic rings. The summed E-state index contributed by atoms with van der Waals surface area (Å²) in [7, 11) is 0. The third-order valence-corrected chi connectivity index (χ3v) is 3.74. The fourth-order valence-corrected chi connectivity index (χ4v) is 2.74. The predicted octanol–water partition coefficient (Wildman–Crippen LogP) is 1.24. The summed E-state index contributed by atoms with van der Waals surface area (Å²) < 4.78 is 0. The van der Waals surface area contributed by atoms with E-state index in [2.05, 4.69) is 17.1 Å². The molecule has 86 valence electrons. The minimum absolute atomic E-state index is 0.387. The quantitative estimate of drug-likeness (QED) is 0.708. The van der Waals surface area contributed by atoms with E-state index in [0.29, 0.717) is 5.91 Å². The van der Waals surface area contributed by atoms with Crippen molar-refractivity contribution in [2.75, 3.05) is 26.2 Å². The van der Waals surface area contributed by atoms with Crippen LogP contribution in [0, 0.1) is 11.8 Å². The summed E-state index contributed by atoms with van der Waals surface area (Å²) in [6, 6.07) is 0. The third-order valence-electron chi connectivity index (χ3n) is 3.74. The van der Waals surface area contributed by atoms with Crippen LogP contribution < -0.4 is 5.32 Å². The average Bonchev–Trinajstić information content (AvgIpc) is 2.76. The van der Waals surface area contributed by atoms with Crippen LogP contribution in [0.4, 0.5) is 0 Å². The van der Waals surface area contributed by atoms with Crippen molar-refractivity contribution in [3.63, 3.8) is 0 Å². The van der Waals surface area contributed by atoms with Gasteiger partial charge in [0.2, 0.25) is 5.91 Å². The fourth-order valence-electron chi connectivity index (χ4n) is 2.74. The first-order chi connectivity index (χ1) is 7.31. The lowest BCUT2D eigenvalue weighted by Crippen LogP contribution is -2.31. The van der Waals surface area contributed by atoms with Gasteiger partial charge in [0.1, 0.15) is 0 Å². The van der Waals surface area contributed by atoms with E-state index in [1.807, 2.05) is 0 Å². The molecule has 0 aromatic heterocycles. The largest absolute Gasteiger partial charge is 0.342 e. The highest BCUT2D eigenvalue weighted by Crippen LogP contribution is 2.26. The molecule has 3 heteroatoms. The summed E-state index contributed by atoms with van der Waals surface area (Å²) in [5.41, 5.74) is 0. The first-order valence-electron chi connectivity index (χ1n) is 6.29. The Labute approximate surface area is 92.2 Å². The molecule has 2 aliphatic heterocycles. The van der Waals surface area contributed by atoms with E-state index in [1.165, 1.54) is 12.8 Å². The lowest BCUT2D eigenvalue weighted by molar-refractivity contribution is -0.130. The molecule has 0 aromatic carbocycles. The number of hydrogen-bond acceptors (Lipinski definition) is 2. The molecular formula is C12H22N2O. The number of carbonyl (C=O) groups excluding carboxylic acids is 1. The van der Waals surface area contributed by atoms with E-state index in [9.17, 15) is 4.79 Å². The van der Waals surface area contributed by atoms with Gasteiger partial charge in [-0.15, -0.1) is 0 Å². The maximum Gasteiger partial charge on any atom is 0.222 e. The molecule has 3 nitrogen and oxygen atoms in total. The molecule has 2 heterocycles. The number of fused-ring (bicyclic) bond motifs is 1. The van der Waals surface area contributed by atoms with Crippen LogP contribution in [0.5, 0.6) is 0 Å². The molecule has 0 spiro atoms. The highest BCUT2D eigenvalue weighted by atomic mass is 16.2. The number of hydrogen-bond donors (Lipinski definition) is 1. The number of carbonyl (C=O) groups is 1. The molecule has 0 aliphatic carbocycles. The van der Waals surface area contributed by atoms with Crippen molar-refractivity contribution in [1.29, 1.82) is 0 Å². The fraction of sp³-hybridized carbons (Fsp3) is 0.917. The highest BCUT2D eigenvalue weighted by Gasteiger charge is 2.37. The zero-order valence-electron chi connectivity index (χ0n) is 9.67. The molecule has 15 heavy (non-hydrogen) atoms. The Hall–Kier alpha value is -0.570. The van der Waals surface area contributed by atoms with E-state index < -0.39 is 0 Å². The topological polar surface area (TPSA) is 32.3 Å². The van der Waals surface area contributed by atoms with Gasteiger partial charge in [0.25, 0.3) is 0 Å². The van der Waals surface area contributed by atoms with Gasteiger partial charge >= 0.3 is 0 Å². The number of nitrogens with zero attached hydrogens (tertiary/aromatic N) is 1. The molecule has 0 radical (unpaired) electrons. The van der Waals surface area contributed by atoms with Crippen LogP contribution in [0.15, 0.2) is 0 Å². The second-order valence-electron chi connectivity index (χ2n) is 4.93. The summed E-state index contributed by atoms with van der Waals surface area (Å²) >= 11 is 0. The SMILES string of the molecule is CCCCCC(=O)N1C[C@H]2CNC[C@H]2C1. The number of rotatable bonds is 4. The van der Waals surface area contributed by atoms with E-state index >= 15 is 0 Å². The van der Waals surface area contributed by atoms with Gasteiger partial charge in [-0.25, -0.2) is 0 Å². The minimum atomic E-state index is 0.387. The molecule has 2 atom stereocenters. The van der Waals surface area contributed by atoms with E-state index in [4.69, 9.17) is 0 Å². The van der Waals surface area contributed by atoms with Crippen molar-refractivity contribution in [2.45, 2.75) is 32.6 Å². The van der Waals surface area contributed by atoms with Gasteiger partial charge in [-0.1, -0.05) is 19.8 Å². The van der Waals surface area contributed by atoms with Crippen molar-refractivity contribution in [3.05, 3.63) is 0 Å². The molecular weight excluding hydrogens is 188 g/mol. The van der Waals surface area contributed by atoms with Crippen molar-refractivity contribution in [2.24, 2.45) is 11.8 Å². The molecule has 0 unspecified atom stereocenters. The molecule has 2 saturated heterocycles. The summed E-state index contributed by atoms with van der Waals surface area (Å²) in [4.78, 5) is 13.9. The van der Waals surface area contributed by atoms with E-state index in [-0.39, 0.29) is 0 Å². The van der Waals surface area contributed by atoms with Gasteiger partial charge in [-0.2, -0.15) is 0 Å². The van der Waals surface area contributed by atoms with Crippen molar-refractivity contribution < 1.29 is 4.79 Å². The molecule has 0 bridgehead atoms. The molecule has 2 rings (SSSR count). The Morgan fingerprint density at radius 2 is 1.93 bits per heavy atom. The molecule has 2 fully saturated rings. The van der Waals surface area contributed by atoms with Gasteiger partial charge in [-0.05, 0) is 18.3 Å². The Bertz CT molecular complexity index is 218. The smallest absolute Gasteiger partial charge is 0.222 e. The Balaban J connectivity index is 1.73. The van der Waals surface area contributed by atoms with Crippen LogP contribution in [0.1, 0.15) is 32.6 Å². The molecule has 0 aromatic rings. The number of amides is 1. The first kappa shape index (κ1) is 10.9. The van der Waals surface area contributed by atoms with Crippen molar-refractivity contribution in [1.82, 2.24) is 10.2 Å². The van der Waals surface area contributed by atoms with Gasteiger partial charge in [-0.3, -0.25) is 4.79 Å². The number of nitrogens with one attached hydrogen (secondary N) is 1. The maximum atomic E-state index is 11.9. The zero-order valence-corrected chi connectivity index (χ0v) is 9.67. The lowest BCUT2D eigenvalue weighted by Gasteiger charge is -2.17. The van der Waals surface area contributed by atoms with Gasteiger partial charge in [0, 0.05) is 32.6 Å². The van der Waals surface area contributed by atoms with Crippen LogP contribution in [0.3, 0.4) is 0 Å². The molecule has 0 saturated carbocycles. The summed E-state index contributed by atoms with van der Waals surface area (Å²) in [5, 5.41) is 3.40. The van der Waals surface area contributed by atoms with Crippen LogP contribution in [-0.2, 0) is 4.79 Å². The third kappa shape index (κ3) is 2.51. The first-order valence-corrected chi connectivity index (χ1v) is 6.29. The van der Waals surface area contributed by atoms with Gasteiger partial charge in [0.05, 0.1) is 0 Å². The van der Waals surface area contributed by atoms with Crippen LogP contribution in [-0.4, -0.2) is 37.0 Å². The molecule has 1 N–H and O–H groups in total. The summed E-state index contributed by atoms with van der Waals surface area (Å²) in [6.07, 6.45) is 4.22. The summed E-state index contributed by atoms with van der Waals surface area (Å²) in [5.74, 6) is 1.86. The van der Waals surface area contributed by atoms with E-state index in [1.54, 1.807) is 0 Å². The Morgan fingerprint density at radius 1 is 1.27 bits per heavy atom. The van der Waals surface area contributed by atoms with E-state index in [0.717, 1.165) is 50.9 Å². The number of likely N-dealkylation sites (tertiary alicyclic amines) is 1. The highest BCUT2D eigenvalue weighted by molar-refractivity contribution is 5.76. The van der Waals surface area contributed by atoms with Crippen LogP contribution >= 0.6 is 0 Å². The predicted molar refractivity (Wildman–Crippen MR) is 60.6 cm³/mol. The van der Waals surface area contributed by atoms with Crippen molar-refractivity contribution in [3.8, 4) is 0 Å². The van der Waals surface area contributed by atoms with Gasteiger partial charge in [0.15, 0.2) is 0 Å². The molecule has 1 amide bonds. The maximum absolute atomic E-state index is 11.9. The van der Waals surface area contributed by atoms with Gasteiger partial charge < -0.3 is 10.2 Å². The van der Waals surface area contributed by atoms with Crippen LogP contribution in [0.2, 0.25) is 0 Å². The second kappa shape index (κ2) is 4.97. The zero-order chi connectivity index (χ0) is 10.7.